The number of aromatic nitrogens is 2. The second-order valence-electron chi connectivity index (χ2n) is 4.37. The molecule has 112 valence electrons. The molecule has 0 atom stereocenters. The average Bonchev–Trinajstić information content (AvgIpc) is 2.69. The topological polar surface area (TPSA) is 106 Å². The van der Waals surface area contributed by atoms with Crippen molar-refractivity contribution in [2.45, 2.75) is 13.5 Å². The Bertz CT molecular complexity index is 710. The molecule has 0 aliphatic heterocycles. The third-order valence-corrected chi connectivity index (χ3v) is 3.26. The van der Waals surface area contributed by atoms with Gasteiger partial charge in [0.25, 0.3) is 0 Å². The number of nitrogens with zero attached hydrogens (tertiary/aromatic N) is 2. The van der Waals surface area contributed by atoms with Crippen LogP contribution in [0.25, 0.3) is 11.0 Å². The first-order chi connectivity index (χ1) is 9.95. The van der Waals surface area contributed by atoms with Crippen LogP contribution in [0.1, 0.15) is 23.0 Å². The number of hydrogen-bond acceptors (Lipinski definition) is 4. The van der Waals surface area contributed by atoms with E-state index in [4.69, 9.17) is 27.5 Å². The molecular weight excluding hydrogens is 294 g/mol. The van der Waals surface area contributed by atoms with Crippen LogP contribution in [0.15, 0.2) is 12.1 Å². The molecule has 2 heterocycles. The summed E-state index contributed by atoms with van der Waals surface area (Å²) < 4.78 is 6.84. The summed E-state index contributed by atoms with van der Waals surface area (Å²) in [6.45, 7) is 2.23. The van der Waals surface area contributed by atoms with E-state index in [-0.39, 0.29) is 19.1 Å². The maximum atomic E-state index is 12.2. The Morgan fingerprint density at radius 2 is 2.29 bits per heavy atom. The predicted octanol–water partition coefficient (Wildman–Crippen LogP) is 1.39. The van der Waals surface area contributed by atoms with Crippen LogP contribution >= 0.6 is 11.6 Å². The maximum absolute atomic E-state index is 12.2. The van der Waals surface area contributed by atoms with E-state index in [1.807, 2.05) is 0 Å². The van der Waals surface area contributed by atoms with Gasteiger partial charge in [0.2, 0.25) is 0 Å². The van der Waals surface area contributed by atoms with E-state index in [0.29, 0.717) is 27.4 Å². The van der Waals surface area contributed by atoms with Crippen LogP contribution in [0.3, 0.4) is 0 Å². The van der Waals surface area contributed by atoms with Gasteiger partial charge in [0.1, 0.15) is 10.8 Å². The number of halogens is 1. The minimum atomic E-state index is -0.437. The summed E-state index contributed by atoms with van der Waals surface area (Å²) in [4.78, 5) is 16.4. The van der Waals surface area contributed by atoms with Crippen molar-refractivity contribution in [3.63, 3.8) is 0 Å². The van der Waals surface area contributed by atoms with Crippen LogP contribution in [-0.2, 0) is 18.3 Å². The van der Waals surface area contributed by atoms with E-state index >= 15 is 0 Å². The van der Waals surface area contributed by atoms with Gasteiger partial charge >= 0.3 is 5.97 Å². The molecule has 0 saturated carbocycles. The van der Waals surface area contributed by atoms with E-state index in [2.05, 4.69) is 10.3 Å². The van der Waals surface area contributed by atoms with Crippen LogP contribution in [0.2, 0.25) is 5.15 Å². The number of pyridine rings is 1. The molecule has 0 aromatic carbocycles. The summed E-state index contributed by atoms with van der Waals surface area (Å²) in [5.74, 6) is -0.617. The normalized spacial score (nSPS) is 10.6. The number of guanidine groups is 1. The number of esters is 1. The van der Waals surface area contributed by atoms with E-state index in [1.165, 1.54) is 0 Å². The van der Waals surface area contributed by atoms with Gasteiger partial charge in [-0.2, -0.15) is 0 Å². The molecule has 2 rings (SSSR count). The average molecular weight is 310 g/mol. The number of carbonyl (C=O) groups is 1. The summed E-state index contributed by atoms with van der Waals surface area (Å²) in [7, 11) is 1.77. The Hall–Kier alpha value is -2.28. The summed E-state index contributed by atoms with van der Waals surface area (Å²) >= 11 is 5.91. The third-order valence-electron chi connectivity index (χ3n) is 3.05. The van der Waals surface area contributed by atoms with Gasteiger partial charge in [0, 0.05) is 12.4 Å². The smallest absolute Gasteiger partial charge is 0.340 e. The van der Waals surface area contributed by atoms with Crippen LogP contribution < -0.4 is 11.1 Å². The molecule has 2 aromatic rings. The van der Waals surface area contributed by atoms with Crippen LogP contribution in [-0.4, -0.2) is 28.1 Å². The van der Waals surface area contributed by atoms with Gasteiger partial charge in [-0.25, -0.2) is 9.78 Å². The van der Waals surface area contributed by atoms with E-state index in [1.54, 1.807) is 30.7 Å². The molecule has 7 nitrogen and oxygen atoms in total. The second-order valence-corrected chi connectivity index (χ2v) is 4.76. The van der Waals surface area contributed by atoms with Crippen LogP contribution in [0, 0.1) is 5.41 Å². The number of nitrogens with two attached hydrogens (primary N) is 1. The number of nitrogens with one attached hydrogen (secondary N) is 2. The number of aryl methyl sites for hydroxylation is 1. The largest absolute Gasteiger partial charge is 0.462 e. The third kappa shape index (κ3) is 2.92. The summed E-state index contributed by atoms with van der Waals surface area (Å²) in [6.07, 6.45) is 0. The lowest BCUT2D eigenvalue weighted by Crippen LogP contribution is -2.31. The molecule has 0 fully saturated rings. The van der Waals surface area contributed by atoms with Crippen molar-refractivity contribution in [2.75, 3.05) is 6.61 Å². The Balaban J connectivity index is 2.62. The van der Waals surface area contributed by atoms with Gasteiger partial charge in [0.15, 0.2) is 5.96 Å². The highest BCUT2D eigenvalue weighted by molar-refractivity contribution is 6.29. The van der Waals surface area contributed by atoms with Gasteiger partial charge in [-0.1, -0.05) is 11.6 Å². The molecule has 21 heavy (non-hydrogen) atoms. The Morgan fingerprint density at radius 1 is 1.57 bits per heavy atom. The minimum Gasteiger partial charge on any atom is -0.462 e. The Kier molecular flexibility index (Phi) is 4.32. The van der Waals surface area contributed by atoms with E-state index < -0.39 is 5.97 Å². The highest BCUT2D eigenvalue weighted by atomic mass is 35.5. The zero-order valence-corrected chi connectivity index (χ0v) is 12.5. The van der Waals surface area contributed by atoms with Crippen molar-refractivity contribution >= 4 is 34.6 Å². The number of carbonyl (C=O) groups excluding carboxylic acids is 1. The SMILES string of the molecule is CCOC(=O)c1c(CNC(=N)N)n(C)c2nc(Cl)ccc12. The summed E-state index contributed by atoms with van der Waals surface area (Å²) in [6, 6.07) is 3.35. The van der Waals surface area contributed by atoms with Crippen molar-refractivity contribution in [3.05, 3.63) is 28.5 Å². The van der Waals surface area contributed by atoms with Crippen molar-refractivity contribution in [2.24, 2.45) is 12.8 Å². The summed E-state index contributed by atoms with van der Waals surface area (Å²) in [5, 5.41) is 10.9. The maximum Gasteiger partial charge on any atom is 0.340 e. The minimum absolute atomic E-state index is 0.180. The highest BCUT2D eigenvalue weighted by Crippen LogP contribution is 2.26. The molecule has 0 saturated heterocycles. The van der Waals surface area contributed by atoms with Crippen molar-refractivity contribution in [3.8, 4) is 0 Å². The predicted molar refractivity (Wildman–Crippen MR) is 80.4 cm³/mol. The standard InChI is InChI=1S/C13H16ClN5O2/c1-3-21-12(20)10-7-4-5-9(14)18-11(7)19(2)8(10)6-17-13(15)16/h4-5H,3,6H2,1-2H3,(H4,15,16,17). The molecule has 0 amide bonds. The first-order valence-electron chi connectivity index (χ1n) is 6.34. The number of rotatable bonds is 4. The molecule has 2 aromatic heterocycles. The lowest BCUT2D eigenvalue weighted by atomic mass is 10.1. The van der Waals surface area contributed by atoms with Gasteiger partial charge in [-0.05, 0) is 19.1 Å². The lowest BCUT2D eigenvalue weighted by Gasteiger charge is -2.08. The number of fused-ring (bicyclic) bond motifs is 1. The molecule has 0 radical (unpaired) electrons. The number of hydrogen-bond donors (Lipinski definition) is 3. The monoisotopic (exact) mass is 309 g/mol. The van der Waals surface area contributed by atoms with Crippen LogP contribution in [0.4, 0.5) is 0 Å². The Morgan fingerprint density at radius 3 is 2.90 bits per heavy atom. The molecule has 0 aliphatic rings. The molecule has 0 aliphatic carbocycles. The molecular formula is C13H16ClN5O2. The van der Waals surface area contributed by atoms with Gasteiger partial charge in [0.05, 0.1) is 24.4 Å². The fourth-order valence-corrected chi connectivity index (χ4v) is 2.29. The fourth-order valence-electron chi connectivity index (χ4n) is 2.14. The van der Waals surface area contributed by atoms with Crippen molar-refractivity contribution in [1.82, 2.24) is 14.9 Å². The second kappa shape index (κ2) is 6.01. The zero-order chi connectivity index (χ0) is 15.6. The first kappa shape index (κ1) is 15.1. The lowest BCUT2D eigenvalue weighted by molar-refractivity contribution is 0.0527. The summed E-state index contributed by atoms with van der Waals surface area (Å²) in [5.41, 5.74) is 6.92. The quantitative estimate of drug-likeness (QED) is 0.342. The Labute approximate surface area is 126 Å². The number of ether oxygens (including phenoxy) is 1. The van der Waals surface area contributed by atoms with Gasteiger partial charge in [-0.3, -0.25) is 5.41 Å². The molecule has 0 spiro atoms. The highest BCUT2D eigenvalue weighted by Gasteiger charge is 2.23. The van der Waals surface area contributed by atoms with E-state index in [0.717, 1.165) is 0 Å². The van der Waals surface area contributed by atoms with Gasteiger partial charge in [-0.15, -0.1) is 0 Å². The fraction of sp³-hybridized carbons (Fsp3) is 0.308. The van der Waals surface area contributed by atoms with Crippen LogP contribution in [0.5, 0.6) is 0 Å². The zero-order valence-electron chi connectivity index (χ0n) is 11.7. The molecule has 0 bridgehead atoms. The van der Waals surface area contributed by atoms with Crippen molar-refractivity contribution in [1.29, 1.82) is 5.41 Å². The first-order valence-corrected chi connectivity index (χ1v) is 6.72. The van der Waals surface area contributed by atoms with E-state index in [9.17, 15) is 4.79 Å². The van der Waals surface area contributed by atoms with Crippen molar-refractivity contribution < 1.29 is 9.53 Å². The van der Waals surface area contributed by atoms with Gasteiger partial charge < -0.3 is 20.4 Å². The molecule has 4 N–H and O–H groups in total. The molecule has 0 unspecified atom stereocenters. The molecule has 8 heteroatoms.